The van der Waals surface area contributed by atoms with Crippen LogP contribution in [0, 0.1) is 0 Å². The van der Waals surface area contributed by atoms with Crippen molar-refractivity contribution in [2.75, 3.05) is 11.5 Å². The minimum absolute atomic E-state index is 0.869. The van der Waals surface area contributed by atoms with E-state index in [1.807, 2.05) is 36.5 Å². The normalized spacial score (nSPS) is 10.4. The molecule has 0 unspecified atom stereocenters. The summed E-state index contributed by atoms with van der Waals surface area (Å²) in [7, 11) is 0. The fourth-order valence-corrected chi connectivity index (χ4v) is 2.95. The van der Waals surface area contributed by atoms with Crippen LogP contribution in [0.25, 0.3) is 0 Å². The van der Waals surface area contributed by atoms with E-state index in [1.165, 1.54) is 5.56 Å². The zero-order valence-corrected chi connectivity index (χ0v) is 11.7. The Morgan fingerprint density at radius 2 is 2.00 bits per heavy atom. The Kier molecular flexibility index (Phi) is 4.45. The SMILES string of the molecule is Nc1ccccc1CCSc1ncccc1Br. The van der Waals surface area contributed by atoms with Crippen LogP contribution >= 0.6 is 27.7 Å². The second kappa shape index (κ2) is 6.07. The van der Waals surface area contributed by atoms with Gasteiger partial charge in [0.25, 0.3) is 0 Å². The Bertz CT molecular complexity index is 457. The van der Waals surface area contributed by atoms with Gasteiger partial charge in [0, 0.05) is 22.1 Å². The molecule has 1 heterocycles. The van der Waals surface area contributed by atoms with E-state index in [0.717, 1.165) is 27.4 Å². The predicted molar refractivity (Wildman–Crippen MR) is 77.2 cm³/mol. The van der Waals surface area contributed by atoms with Gasteiger partial charge in [-0.05, 0) is 46.1 Å². The number of aryl methyl sites for hydroxylation is 1. The minimum atomic E-state index is 0.869. The summed E-state index contributed by atoms with van der Waals surface area (Å²) in [6.07, 6.45) is 2.77. The van der Waals surface area contributed by atoms with Crippen molar-refractivity contribution in [2.45, 2.75) is 11.4 Å². The maximum Gasteiger partial charge on any atom is 0.110 e. The Morgan fingerprint density at radius 3 is 2.76 bits per heavy atom. The fourth-order valence-electron chi connectivity index (χ4n) is 1.50. The number of nitrogen functional groups attached to an aromatic ring is 1. The van der Waals surface area contributed by atoms with Crippen LogP contribution in [-0.4, -0.2) is 10.7 Å². The molecular weight excluding hydrogens is 296 g/mol. The summed E-state index contributed by atoms with van der Waals surface area (Å²) in [4.78, 5) is 4.32. The van der Waals surface area contributed by atoms with Crippen LogP contribution < -0.4 is 5.73 Å². The molecule has 0 aliphatic carbocycles. The van der Waals surface area contributed by atoms with Gasteiger partial charge in [-0.3, -0.25) is 0 Å². The highest BCUT2D eigenvalue weighted by molar-refractivity contribution is 9.10. The molecule has 17 heavy (non-hydrogen) atoms. The lowest BCUT2D eigenvalue weighted by Gasteiger charge is -2.05. The van der Waals surface area contributed by atoms with Crippen molar-refractivity contribution in [3.05, 3.63) is 52.6 Å². The molecule has 0 aliphatic heterocycles. The largest absolute Gasteiger partial charge is 0.399 e. The maximum atomic E-state index is 5.90. The van der Waals surface area contributed by atoms with Crippen LogP contribution in [0.4, 0.5) is 5.69 Å². The van der Waals surface area contributed by atoms with E-state index < -0.39 is 0 Å². The summed E-state index contributed by atoms with van der Waals surface area (Å²) in [5.74, 6) is 0.976. The predicted octanol–water partition coefficient (Wildman–Crippen LogP) is 3.76. The molecule has 2 nitrogen and oxygen atoms in total. The molecule has 0 radical (unpaired) electrons. The Hall–Kier alpha value is -1.00. The zero-order chi connectivity index (χ0) is 12.1. The van der Waals surface area contributed by atoms with Crippen molar-refractivity contribution in [3.63, 3.8) is 0 Å². The average Bonchev–Trinajstić information content (AvgIpc) is 2.34. The van der Waals surface area contributed by atoms with Gasteiger partial charge in [0.05, 0.1) is 0 Å². The van der Waals surface area contributed by atoms with E-state index in [4.69, 9.17) is 5.73 Å². The summed E-state index contributed by atoms with van der Waals surface area (Å²) >= 11 is 5.23. The average molecular weight is 309 g/mol. The van der Waals surface area contributed by atoms with Crippen molar-refractivity contribution < 1.29 is 0 Å². The minimum Gasteiger partial charge on any atom is -0.399 e. The van der Waals surface area contributed by atoms with Gasteiger partial charge in [0.15, 0.2) is 0 Å². The number of aromatic nitrogens is 1. The summed E-state index contributed by atoms with van der Waals surface area (Å²) in [5.41, 5.74) is 7.97. The van der Waals surface area contributed by atoms with E-state index in [-0.39, 0.29) is 0 Å². The first-order valence-corrected chi connectivity index (χ1v) is 7.12. The molecule has 1 aromatic carbocycles. The first-order chi connectivity index (χ1) is 8.27. The molecule has 0 amide bonds. The van der Waals surface area contributed by atoms with Crippen molar-refractivity contribution in [1.82, 2.24) is 4.98 Å². The van der Waals surface area contributed by atoms with E-state index in [1.54, 1.807) is 11.8 Å². The summed E-state index contributed by atoms with van der Waals surface area (Å²) in [6.45, 7) is 0. The number of nitrogens with two attached hydrogens (primary N) is 1. The smallest absolute Gasteiger partial charge is 0.110 e. The van der Waals surface area contributed by atoms with Crippen molar-refractivity contribution in [1.29, 1.82) is 0 Å². The molecule has 4 heteroatoms. The number of pyridine rings is 1. The van der Waals surface area contributed by atoms with Gasteiger partial charge in [-0.2, -0.15) is 0 Å². The first kappa shape index (κ1) is 12.5. The second-order valence-electron chi connectivity index (χ2n) is 3.59. The first-order valence-electron chi connectivity index (χ1n) is 5.34. The molecule has 0 fully saturated rings. The molecule has 0 saturated carbocycles. The molecule has 0 bridgehead atoms. The quantitative estimate of drug-likeness (QED) is 0.690. The molecule has 0 aliphatic rings. The van der Waals surface area contributed by atoms with E-state index in [2.05, 4.69) is 27.0 Å². The van der Waals surface area contributed by atoms with Crippen LogP contribution in [0.1, 0.15) is 5.56 Å². The lowest BCUT2D eigenvalue weighted by Crippen LogP contribution is -1.96. The summed E-state index contributed by atoms with van der Waals surface area (Å²) < 4.78 is 1.05. The van der Waals surface area contributed by atoms with Gasteiger partial charge in [0.1, 0.15) is 5.03 Å². The Labute approximate surface area is 114 Å². The highest BCUT2D eigenvalue weighted by atomic mass is 79.9. The number of halogens is 1. The Balaban J connectivity index is 1.93. The molecule has 2 N–H and O–H groups in total. The third-order valence-corrected chi connectivity index (χ3v) is 4.30. The van der Waals surface area contributed by atoms with Crippen LogP contribution in [0.15, 0.2) is 52.1 Å². The molecule has 88 valence electrons. The van der Waals surface area contributed by atoms with Gasteiger partial charge >= 0.3 is 0 Å². The summed E-state index contributed by atoms with van der Waals surface area (Å²) in [6, 6.07) is 11.9. The molecule has 1 aromatic heterocycles. The maximum absolute atomic E-state index is 5.90. The number of nitrogens with zero attached hydrogens (tertiary/aromatic N) is 1. The number of para-hydroxylation sites is 1. The van der Waals surface area contributed by atoms with Gasteiger partial charge in [-0.15, -0.1) is 11.8 Å². The summed E-state index contributed by atoms with van der Waals surface area (Å²) in [5, 5.41) is 1.03. The number of hydrogen-bond acceptors (Lipinski definition) is 3. The molecule has 2 aromatic rings. The van der Waals surface area contributed by atoms with Gasteiger partial charge in [-0.25, -0.2) is 4.98 Å². The molecule has 0 atom stereocenters. The van der Waals surface area contributed by atoms with Crippen molar-refractivity contribution in [2.24, 2.45) is 0 Å². The second-order valence-corrected chi connectivity index (χ2v) is 5.53. The van der Waals surface area contributed by atoms with E-state index in [0.29, 0.717) is 0 Å². The van der Waals surface area contributed by atoms with Gasteiger partial charge in [-0.1, -0.05) is 18.2 Å². The van der Waals surface area contributed by atoms with Crippen LogP contribution in [-0.2, 0) is 6.42 Å². The standard InChI is InChI=1S/C13H13BrN2S/c14-11-5-3-8-16-13(11)17-9-7-10-4-1-2-6-12(10)15/h1-6,8H,7,9,15H2. The van der Waals surface area contributed by atoms with Crippen molar-refractivity contribution in [3.8, 4) is 0 Å². The van der Waals surface area contributed by atoms with Crippen molar-refractivity contribution >= 4 is 33.4 Å². The van der Waals surface area contributed by atoms with Gasteiger partial charge in [0.2, 0.25) is 0 Å². The zero-order valence-electron chi connectivity index (χ0n) is 9.27. The van der Waals surface area contributed by atoms with E-state index >= 15 is 0 Å². The topological polar surface area (TPSA) is 38.9 Å². The molecular formula is C13H13BrN2S. The highest BCUT2D eigenvalue weighted by Crippen LogP contribution is 2.25. The number of thioether (sulfide) groups is 1. The lowest BCUT2D eigenvalue weighted by molar-refractivity contribution is 1.09. The number of hydrogen-bond donors (Lipinski definition) is 1. The third-order valence-electron chi connectivity index (χ3n) is 2.39. The van der Waals surface area contributed by atoms with Crippen LogP contribution in [0.2, 0.25) is 0 Å². The van der Waals surface area contributed by atoms with E-state index in [9.17, 15) is 0 Å². The number of benzene rings is 1. The fraction of sp³-hybridized carbons (Fsp3) is 0.154. The monoisotopic (exact) mass is 308 g/mol. The van der Waals surface area contributed by atoms with Crippen LogP contribution in [0.5, 0.6) is 0 Å². The number of anilines is 1. The lowest BCUT2D eigenvalue weighted by atomic mass is 10.1. The number of rotatable bonds is 4. The molecule has 0 saturated heterocycles. The van der Waals surface area contributed by atoms with Gasteiger partial charge < -0.3 is 5.73 Å². The third kappa shape index (κ3) is 3.48. The highest BCUT2D eigenvalue weighted by Gasteiger charge is 2.02. The molecule has 2 rings (SSSR count). The Morgan fingerprint density at radius 1 is 1.18 bits per heavy atom. The van der Waals surface area contributed by atoms with Crippen LogP contribution in [0.3, 0.4) is 0 Å². The molecule has 0 spiro atoms.